The smallest absolute Gasteiger partial charge is 0.240 e. The van der Waals surface area contributed by atoms with E-state index in [2.05, 4.69) is 31.8 Å². The molecule has 0 heterocycles. The zero-order chi connectivity index (χ0) is 26.1. The number of carbonyl (C=O) groups excluding carboxylic acids is 2. The van der Waals surface area contributed by atoms with Gasteiger partial charge in [-0.15, -0.1) is 0 Å². The van der Waals surface area contributed by atoms with E-state index in [0.29, 0.717) is 42.3 Å². The summed E-state index contributed by atoms with van der Waals surface area (Å²) in [6, 6.07) is 15.5. The van der Waals surface area contributed by atoms with Crippen LogP contribution in [0.25, 0.3) is 0 Å². The Morgan fingerprint density at radius 1 is 1.00 bits per heavy atom. The SMILES string of the molecule is COc1cc(C=NNC(=O)CCC(=O)Nc2ccccc2Cl)cc(Br)c1OCc1ccc(Cl)cc1Cl. The molecule has 0 aliphatic rings. The van der Waals surface area contributed by atoms with Gasteiger partial charge in [-0.2, -0.15) is 5.10 Å². The lowest BCUT2D eigenvalue weighted by molar-refractivity contribution is -0.124. The first-order chi connectivity index (χ1) is 17.3. The summed E-state index contributed by atoms with van der Waals surface area (Å²) in [5.74, 6) is 0.200. The number of rotatable bonds is 10. The highest BCUT2D eigenvalue weighted by atomic mass is 79.9. The molecule has 7 nitrogen and oxygen atoms in total. The Labute approximate surface area is 231 Å². The number of benzene rings is 3. The third-order valence-electron chi connectivity index (χ3n) is 4.77. The summed E-state index contributed by atoms with van der Waals surface area (Å²) >= 11 is 21.6. The lowest BCUT2D eigenvalue weighted by atomic mass is 10.2. The zero-order valence-corrected chi connectivity index (χ0v) is 22.8. The lowest BCUT2D eigenvalue weighted by Crippen LogP contribution is -2.20. The van der Waals surface area contributed by atoms with Gasteiger partial charge < -0.3 is 14.8 Å². The van der Waals surface area contributed by atoms with Crippen LogP contribution in [0.2, 0.25) is 15.1 Å². The van der Waals surface area contributed by atoms with Crippen molar-refractivity contribution in [3.8, 4) is 11.5 Å². The molecule has 0 aromatic heterocycles. The van der Waals surface area contributed by atoms with Crippen LogP contribution in [0.15, 0.2) is 64.2 Å². The number of nitrogens with zero attached hydrogens (tertiary/aromatic N) is 1. The molecule has 0 saturated carbocycles. The fourth-order valence-electron chi connectivity index (χ4n) is 2.98. The van der Waals surface area contributed by atoms with Crippen LogP contribution in [-0.2, 0) is 16.2 Å². The van der Waals surface area contributed by atoms with Crippen molar-refractivity contribution >= 4 is 74.4 Å². The van der Waals surface area contributed by atoms with Gasteiger partial charge in [-0.25, -0.2) is 5.43 Å². The molecule has 0 radical (unpaired) electrons. The second-order valence-electron chi connectivity index (χ2n) is 7.38. The molecule has 188 valence electrons. The summed E-state index contributed by atoms with van der Waals surface area (Å²) in [6.45, 7) is 0.207. The number of halogens is 4. The molecule has 0 unspecified atom stereocenters. The minimum atomic E-state index is -0.411. The maximum atomic E-state index is 12.1. The number of amides is 2. The van der Waals surface area contributed by atoms with Crippen LogP contribution in [0.1, 0.15) is 24.0 Å². The van der Waals surface area contributed by atoms with Crippen molar-refractivity contribution in [3.05, 3.63) is 85.3 Å². The summed E-state index contributed by atoms with van der Waals surface area (Å²) in [5, 5.41) is 8.08. The maximum absolute atomic E-state index is 12.1. The van der Waals surface area contributed by atoms with Crippen LogP contribution >= 0.6 is 50.7 Å². The third kappa shape index (κ3) is 8.13. The quantitative estimate of drug-likeness (QED) is 0.193. The van der Waals surface area contributed by atoms with Gasteiger partial charge in [0.05, 0.1) is 28.5 Å². The van der Waals surface area contributed by atoms with Crippen molar-refractivity contribution in [1.82, 2.24) is 5.43 Å². The zero-order valence-electron chi connectivity index (χ0n) is 19.0. The van der Waals surface area contributed by atoms with Gasteiger partial charge in [-0.05, 0) is 57.9 Å². The van der Waals surface area contributed by atoms with E-state index in [1.807, 2.05) is 0 Å². The lowest BCUT2D eigenvalue weighted by Gasteiger charge is -2.14. The maximum Gasteiger partial charge on any atom is 0.240 e. The highest BCUT2D eigenvalue weighted by Crippen LogP contribution is 2.37. The van der Waals surface area contributed by atoms with E-state index in [1.165, 1.54) is 13.3 Å². The minimum Gasteiger partial charge on any atom is -0.493 e. The molecule has 0 bridgehead atoms. The fraction of sp³-hybridized carbons (Fsp3) is 0.160. The van der Waals surface area contributed by atoms with Crippen molar-refractivity contribution in [2.45, 2.75) is 19.4 Å². The molecule has 2 amide bonds. The second-order valence-corrected chi connectivity index (χ2v) is 9.48. The van der Waals surface area contributed by atoms with Gasteiger partial charge >= 0.3 is 0 Å². The summed E-state index contributed by atoms with van der Waals surface area (Å²) in [6.07, 6.45) is 1.39. The number of methoxy groups -OCH3 is 1. The molecule has 0 aliphatic carbocycles. The van der Waals surface area contributed by atoms with Crippen molar-refractivity contribution in [2.75, 3.05) is 12.4 Å². The van der Waals surface area contributed by atoms with Crippen LogP contribution in [0.5, 0.6) is 11.5 Å². The molecular formula is C25H21BrCl3N3O4. The monoisotopic (exact) mass is 611 g/mol. The molecule has 0 atom stereocenters. The van der Waals surface area contributed by atoms with Gasteiger partial charge in [0.1, 0.15) is 6.61 Å². The average molecular weight is 614 g/mol. The first-order valence-corrected chi connectivity index (χ1v) is 12.5. The summed E-state index contributed by atoms with van der Waals surface area (Å²) in [5.41, 5.74) is 4.31. The number of carbonyl (C=O) groups is 2. The molecule has 11 heteroatoms. The van der Waals surface area contributed by atoms with Crippen LogP contribution in [0.3, 0.4) is 0 Å². The number of nitrogens with one attached hydrogen (secondary N) is 2. The molecular weight excluding hydrogens is 593 g/mol. The molecule has 0 spiro atoms. The highest BCUT2D eigenvalue weighted by Gasteiger charge is 2.13. The largest absolute Gasteiger partial charge is 0.493 e. The van der Waals surface area contributed by atoms with Crippen LogP contribution < -0.4 is 20.2 Å². The molecule has 3 rings (SSSR count). The highest BCUT2D eigenvalue weighted by molar-refractivity contribution is 9.10. The molecule has 2 N–H and O–H groups in total. The standard InChI is InChI=1S/C25H21BrCl3N3O4/c1-35-22-11-15(10-18(26)25(22)36-14-16-6-7-17(27)12-20(16)29)13-30-32-24(34)9-8-23(33)31-21-5-3-2-4-19(21)28/h2-7,10-13H,8-9,14H2,1H3,(H,31,33)(H,32,34). The number of hydrazone groups is 1. The molecule has 0 saturated heterocycles. The number of anilines is 1. The van der Waals surface area contributed by atoms with Gasteiger partial charge in [-0.3, -0.25) is 9.59 Å². The fourth-order valence-corrected chi connectivity index (χ4v) is 4.20. The number of hydrogen-bond acceptors (Lipinski definition) is 5. The van der Waals surface area contributed by atoms with Crippen molar-refractivity contribution in [1.29, 1.82) is 0 Å². The third-order valence-corrected chi connectivity index (χ3v) is 6.27. The summed E-state index contributed by atoms with van der Waals surface area (Å²) < 4.78 is 12.0. The topological polar surface area (TPSA) is 89.0 Å². The Balaban J connectivity index is 1.54. The van der Waals surface area contributed by atoms with Crippen LogP contribution in [0.4, 0.5) is 5.69 Å². The Morgan fingerprint density at radius 3 is 2.47 bits per heavy atom. The van der Waals surface area contributed by atoms with Gasteiger partial charge in [0, 0.05) is 28.5 Å². The first kappa shape index (κ1) is 27.8. The minimum absolute atomic E-state index is 0.0182. The van der Waals surface area contributed by atoms with E-state index < -0.39 is 5.91 Å². The van der Waals surface area contributed by atoms with E-state index in [-0.39, 0.29) is 25.4 Å². The van der Waals surface area contributed by atoms with Crippen molar-refractivity contribution < 1.29 is 19.1 Å². The van der Waals surface area contributed by atoms with E-state index in [1.54, 1.807) is 54.6 Å². The summed E-state index contributed by atoms with van der Waals surface area (Å²) in [4.78, 5) is 24.1. The van der Waals surface area contributed by atoms with Crippen LogP contribution in [0, 0.1) is 0 Å². The van der Waals surface area contributed by atoms with Gasteiger partial charge in [0.25, 0.3) is 0 Å². The molecule has 0 fully saturated rings. The van der Waals surface area contributed by atoms with Gasteiger partial charge in [0.15, 0.2) is 11.5 Å². The van der Waals surface area contributed by atoms with E-state index >= 15 is 0 Å². The molecule has 36 heavy (non-hydrogen) atoms. The van der Waals surface area contributed by atoms with Crippen molar-refractivity contribution in [3.63, 3.8) is 0 Å². The first-order valence-electron chi connectivity index (χ1n) is 10.6. The molecule has 0 aliphatic heterocycles. The Morgan fingerprint density at radius 2 is 1.75 bits per heavy atom. The normalized spacial score (nSPS) is 10.8. The number of hydrogen-bond donors (Lipinski definition) is 2. The number of para-hydroxylation sites is 1. The number of ether oxygens (including phenoxy) is 2. The predicted molar refractivity (Wildman–Crippen MR) is 147 cm³/mol. The Hall–Kier alpha value is -2.78. The summed E-state index contributed by atoms with van der Waals surface area (Å²) in [7, 11) is 1.51. The average Bonchev–Trinajstić information content (AvgIpc) is 2.84. The molecule has 3 aromatic carbocycles. The van der Waals surface area contributed by atoms with E-state index in [0.717, 1.165) is 5.56 Å². The Bertz CT molecular complexity index is 1290. The van der Waals surface area contributed by atoms with Crippen molar-refractivity contribution in [2.24, 2.45) is 5.10 Å². The second kappa shape index (κ2) is 13.5. The van der Waals surface area contributed by atoms with Gasteiger partial charge in [-0.1, -0.05) is 53.0 Å². The molecule has 3 aromatic rings. The van der Waals surface area contributed by atoms with E-state index in [9.17, 15) is 9.59 Å². The predicted octanol–water partition coefficient (Wildman–Crippen LogP) is 6.87. The van der Waals surface area contributed by atoms with Crippen LogP contribution in [-0.4, -0.2) is 25.1 Å². The Kier molecular flexibility index (Phi) is 10.4. The van der Waals surface area contributed by atoms with Gasteiger partial charge in [0.2, 0.25) is 11.8 Å². The van der Waals surface area contributed by atoms with E-state index in [4.69, 9.17) is 44.3 Å².